The summed E-state index contributed by atoms with van der Waals surface area (Å²) in [5.41, 5.74) is 2.55. The first-order valence-electron chi connectivity index (χ1n) is 9.33. The second-order valence-electron chi connectivity index (χ2n) is 6.99. The van der Waals surface area contributed by atoms with E-state index in [-0.39, 0.29) is 16.0 Å². The van der Waals surface area contributed by atoms with Gasteiger partial charge in [-0.3, -0.25) is 3.97 Å². The summed E-state index contributed by atoms with van der Waals surface area (Å²) in [5.74, 6) is -0.979. The largest absolute Gasteiger partial charge is 0.573 e. The lowest BCUT2D eigenvalue weighted by molar-refractivity contribution is -0.274. The van der Waals surface area contributed by atoms with Crippen LogP contribution in [0.4, 0.5) is 17.6 Å². The van der Waals surface area contributed by atoms with Gasteiger partial charge in [-0.05, 0) is 55.3 Å². The predicted molar refractivity (Wildman–Crippen MR) is 110 cm³/mol. The molecule has 1 aliphatic carbocycles. The molecule has 0 fully saturated rings. The summed E-state index contributed by atoms with van der Waals surface area (Å²) in [7, 11) is -0.118. The molecule has 0 saturated heterocycles. The Labute approximate surface area is 183 Å². The lowest BCUT2D eigenvalue weighted by atomic mass is 10.1. The first kappa shape index (κ1) is 21.9. The van der Waals surface area contributed by atoms with Gasteiger partial charge in [0.15, 0.2) is 11.0 Å². The van der Waals surface area contributed by atoms with Crippen LogP contribution in [0, 0.1) is 5.82 Å². The molecule has 0 aliphatic heterocycles. The summed E-state index contributed by atoms with van der Waals surface area (Å²) < 4.78 is 70.8. The van der Waals surface area contributed by atoms with Crippen LogP contribution >= 0.6 is 11.6 Å². The molecule has 3 aromatic rings. The van der Waals surface area contributed by atoms with Crippen molar-refractivity contribution >= 4 is 22.6 Å². The lowest BCUT2D eigenvalue weighted by Gasteiger charge is -2.14. The van der Waals surface area contributed by atoms with Crippen LogP contribution in [0.3, 0.4) is 0 Å². The summed E-state index contributed by atoms with van der Waals surface area (Å²) in [6, 6.07) is 9.42. The molecule has 1 aromatic heterocycles. The molecule has 2 unspecified atom stereocenters. The van der Waals surface area contributed by atoms with E-state index >= 15 is 0 Å². The standard InChI is InChI=1S/C21H17ClF4N2O2S/c1-27-18-8-7-13-15(18)11-28(20(13)14-4-2-3-5-17(14)23)31(29)19-9-6-12(10-16(19)22)30-21(24,25)26/h2-6,9-11,18,27H,7-8H2,1H3. The van der Waals surface area contributed by atoms with Gasteiger partial charge in [0.1, 0.15) is 11.6 Å². The molecule has 164 valence electrons. The Balaban J connectivity index is 1.82. The number of benzene rings is 2. The van der Waals surface area contributed by atoms with Crippen LogP contribution in [0.5, 0.6) is 5.75 Å². The number of aromatic nitrogens is 1. The maximum Gasteiger partial charge on any atom is 0.573 e. The van der Waals surface area contributed by atoms with Crippen molar-refractivity contribution in [1.29, 1.82) is 0 Å². The van der Waals surface area contributed by atoms with Crippen LogP contribution < -0.4 is 10.1 Å². The van der Waals surface area contributed by atoms with Gasteiger partial charge in [-0.2, -0.15) is 0 Å². The van der Waals surface area contributed by atoms with Gasteiger partial charge >= 0.3 is 6.36 Å². The van der Waals surface area contributed by atoms with Gasteiger partial charge in [0, 0.05) is 23.9 Å². The Morgan fingerprint density at radius 1 is 1.23 bits per heavy atom. The summed E-state index contributed by atoms with van der Waals surface area (Å²) in [6.45, 7) is 0. The summed E-state index contributed by atoms with van der Waals surface area (Å²) in [5, 5.41) is 3.04. The molecule has 1 heterocycles. The van der Waals surface area contributed by atoms with Crippen molar-refractivity contribution in [2.24, 2.45) is 0 Å². The third kappa shape index (κ3) is 4.22. The maximum absolute atomic E-state index is 14.7. The number of hydrogen-bond acceptors (Lipinski definition) is 3. The molecular weight excluding hydrogens is 456 g/mol. The molecule has 2 atom stereocenters. The summed E-state index contributed by atoms with van der Waals surface area (Å²) in [6.07, 6.45) is -1.69. The fourth-order valence-electron chi connectivity index (χ4n) is 3.84. The van der Waals surface area contributed by atoms with Crippen LogP contribution in [-0.2, 0) is 17.4 Å². The minimum Gasteiger partial charge on any atom is -0.406 e. The van der Waals surface area contributed by atoms with Gasteiger partial charge in [-0.25, -0.2) is 8.60 Å². The number of nitrogens with zero attached hydrogens (tertiary/aromatic N) is 1. The smallest absolute Gasteiger partial charge is 0.406 e. The Kier molecular flexibility index (Phi) is 5.85. The molecule has 0 radical (unpaired) electrons. The van der Waals surface area contributed by atoms with Gasteiger partial charge in [0.25, 0.3) is 0 Å². The average molecular weight is 473 g/mol. The van der Waals surface area contributed by atoms with E-state index in [4.69, 9.17) is 11.6 Å². The zero-order valence-corrected chi connectivity index (χ0v) is 17.7. The molecule has 1 N–H and O–H groups in total. The Morgan fingerprint density at radius 3 is 2.61 bits per heavy atom. The van der Waals surface area contributed by atoms with Gasteiger partial charge in [-0.15, -0.1) is 13.2 Å². The van der Waals surface area contributed by atoms with Crippen LogP contribution in [0.2, 0.25) is 5.02 Å². The average Bonchev–Trinajstić information content (AvgIpc) is 3.26. The zero-order valence-electron chi connectivity index (χ0n) is 16.2. The number of halogens is 5. The van der Waals surface area contributed by atoms with Gasteiger partial charge in [0.2, 0.25) is 0 Å². The molecule has 0 spiro atoms. The van der Waals surface area contributed by atoms with E-state index in [1.165, 1.54) is 16.1 Å². The van der Waals surface area contributed by atoms with E-state index < -0.39 is 28.9 Å². The van der Waals surface area contributed by atoms with Crippen LogP contribution in [0.15, 0.2) is 53.6 Å². The fraction of sp³-hybridized carbons (Fsp3) is 0.238. The summed E-state index contributed by atoms with van der Waals surface area (Å²) >= 11 is 6.14. The molecule has 1 aliphatic rings. The minimum atomic E-state index is -4.87. The first-order valence-corrected chi connectivity index (χ1v) is 10.8. The second kappa shape index (κ2) is 8.29. The predicted octanol–water partition coefficient (Wildman–Crippen LogP) is 5.62. The maximum atomic E-state index is 14.7. The van der Waals surface area contributed by atoms with E-state index in [2.05, 4.69) is 10.1 Å². The first-order chi connectivity index (χ1) is 14.7. The Bertz CT molecular complexity index is 1160. The molecule has 31 heavy (non-hydrogen) atoms. The van der Waals surface area contributed by atoms with Crippen molar-refractivity contribution < 1.29 is 26.5 Å². The normalized spacial score (nSPS) is 16.9. The monoisotopic (exact) mass is 472 g/mol. The molecule has 2 aromatic carbocycles. The molecular formula is C21H17ClF4N2O2S. The third-order valence-electron chi connectivity index (χ3n) is 5.15. The number of hydrogen-bond donors (Lipinski definition) is 1. The van der Waals surface area contributed by atoms with E-state index in [1.807, 2.05) is 7.05 Å². The van der Waals surface area contributed by atoms with E-state index in [1.54, 1.807) is 24.4 Å². The quantitative estimate of drug-likeness (QED) is 0.490. The minimum absolute atomic E-state index is 0.0248. The SMILES string of the molecule is CNC1CCc2c1cn(S(=O)c1ccc(OC(F)(F)F)cc1Cl)c2-c1ccccc1F. The molecule has 0 bridgehead atoms. The number of alkyl halides is 3. The Hall–Kier alpha value is -2.36. The van der Waals surface area contributed by atoms with Crippen molar-refractivity contribution in [1.82, 2.24) is 9.29 Å². The van der Waals surface area contributed by atoms with Crippen LogP contribution in [0.1, 0.15) is 23.6 Å². The molecule has 0 saturated carbocycles. The van der Waals surface area contributed by atoms with Crippen molar-refractivity contribution in [3.8, 4) is 17.0 Å². The van der Waals surface area contributed by atoms with Crippen molar-refractivity contribution in [2.75, 3.05) is 7.05 Å². The van der Waals surface area contributed by atoms with Crippen LogP contribution in [0.25, 0.3) is 11.3 Å². The highest BCUT2D eigenvalue weighted by Gasteiger charge is 2.33. The Morgan fingerprint density at radius 2 is 1.97 bits per heavy atom. The van der Waals surface area contributed by atoms with E-state index in [9.17, 15) is 21.8 Å². The third-order valence-corrected chi connectivity index (χ3v) is 6.95. The van der Waals surface area contributed by atoms with Crippen LogP contribution in [-0.4, -0.2) is 21.6 Å². The van der Waals surface area contributed by atoms with E-state index in [0.717, 1.165) is 29.7 Å². The fourth-order valence-corrected chi connectivity index (χ4v) is 5.41. The highest BCUT2D eigenvalue weighted by molar-refractivity contribution is 7.83. The highest BCUT2D eigenvalue weighted by Crippen LogP contribution is 2.41. The number of rotatable bonds is 5. The van der Waals surface area contributed by atoms with Gasteiger partial charge in [0.05, 0.1) is 15.6 Å². The zero-order chi connectivity index (χ0) is 22.3. The second-order valence-corrected chi connectivity index (χ2v) is 8.73. The van der Waals surface area contributed by atoms with Gasteiger partial charge < -0.3 is 10.1 Å². The molecule has 0 amide bonds. The highest BCUT2D eigenvalue weighted by atomic mass is 35.5. The summed E-state index contributed by atoms with van der Waals surface area (Å²) in [4.78, 5) is 0.0865. The molecule has 10 heteroatoms. The lowest BCUT2D eigenvalue weighted by Crippen LogP contribution is -2.17. The van der Waals surface area contributed by atoms with Crippen molar-refractivity contribution in [2.45, 2.75) is 30.1 Å². The van der Waals surface area contributed by atoms with Gasteiger partial charge in [-0.1, -0.05) is 23.7 Å². The number of fused-ring (bicyclic) bond motifs is 1. The molecule has 4 rings (SSSR count). The number of nitrogens with one attached hydrogen (secondary N) is 1. The molecule has 4 nitrogen and oxygen atoms in total. The topological polar surface area (TPSA) is 43.3 Å². The van der Waals surface area contributed by atoms with E-state index in [0.29, 0.717) is 17.7 Å². The number of ether oxygens (including phenoxy) is 1. The van der Waals surface area contributed by atoms with Crippen molar-refractivity contribution in [3.05, 3.63) is 70.6 Å². The van der Waals surface area contributed by atoms with Crippen molar-refractivity contribution in [3.63, 3.8) is 0 Å².